The number of hydrogen-bond donors (Lipinski definition) is 1. The van der Waals surface area contributed by atoms with E-state index >= 15 is 0 Å². The highest BCUT2D eigenvalue weighted by molar-refractivity contribution is 5.92. The van der Waals surface area contributed by atoms with Gasteiger partial charge in [0.1, 0.15) is 17.1 Å². The summed E-state index contributed by atoms with van der Waals surface area (Å²) < 4.78 is 12.2. The monoisotopic (exact) mass is 410 g/mol. The maximum absolute atomic E-state index is 11.6. The molecule has 4 heteroatoms. The minimum Gasteiger partial charge on any atom is -0.496 e. The second-order valence-corrected chi connectivity index (χ2v) is 9.42. The van der Waals surface area contributed by atoms with Crippen LogP contribution < -0.4 is 9.47 Å². The van der Waals surface area contributed by atoms with Crippen molar-refractivity contribution in [2.75, 3.05) is 7.11 Å². The zero-order valence-electron chi connectivity index (χ0n) is 19.1. The topological polar surface area (TPSA) is 55.8 Å². The van der Waals surface area contributed by atoms with Crippen molar-refractivity contribution in [2.45, 2.75) is 77.7 Å². The van der Waals surface area contributed by atoms with Crippen molar-refractivity contribution in [1.29, 1.82) is 0 Å². The van der Waals surface area contributed by atoms with Crippen molar-refractivity contribution in [1.82, 2.24) is 0 Å². The van der Waals surface area contributed by atoms with Crippen LogP contribution in [-0.4, -0.2) is 18.2 Å². The van der Waals surface area contributed by atoms with Crippen LogP contribution in [0.2, 0.25) is 0 Å². The minimum atomic E-state index is -0.938. The van der Waals surface area contributed by atoms with E-state index in [-0.39, 0.29) is 11.0 Å². The van der Waals surface area contributed by atoms with E-state index in [0.717, 1.165) is 34.6 Å². The van der Waals surface area contributed by atoms with E-state index in [1.807, 2.05) is 19.9 Å². The summed E-state index contributed by atoms with van der Waals surface area (Å²) in [6.07, 6.45) is 6.03. The highest BCUT2D eigenvalue weighted by Crippen LogP contribution is 2.51. The molecule has 30 heavy (non-hydrogen) atoms. The number of benzene rings is 2. The van der Waals surface area contributed by atoms with Gasteiger partial charge in [-0.3, -0.25) is 0 Å². The van der Waals surface area contributed by atoms with Gasteiger partial charge in [0.2, 0.25) is 0 Å². The highest BCUT2D eigenvalue weighted by atomic mass is 16.5. The molecule has 0 bridgehead atoms. The Hall–Kier alpha value is -2.49. The Morgan fingerprint density at radius 2 is 1.87 bits per heavy atom. The van der Waals surface area contributed by atoms with Gasteiger partial charge in [-0.25, -0.2) is 4.79 Å². The van der Waals surface area contributed by atoms with E-state index < -0.39 is 11.6 Å². The molecule has 0 saturated heterocycles. The van der Waals surface area contributed by atoms with Crippen molar-refractivity contribution >= 4 is 5.97 Å². The van der Waals surface area contributed by atoms with E-state index in [1.165, 1.54) is 31.2 Å². The number of aromatic carboxylic acids is 1. The lowest BCUT2D eigenvalue weighted by Crippen LogP contribution is -2.30. The summed E-state index contributed by atoms with van der Waals surface area (Å²) in [4.78, 5) is 11.6. The zero-order valence-corrected chi connectivity index (χ0v) is 19.1. The summed E-state index contributed by atoms with van der Waals surface area (Å²) >= 11 is 0. The van der Waals surface area contributed by atoms with Gasteiger partial charge in [-0.2, -0.15) is 0 Å². The summed E-state index contributed by atoms with van der Waals surface area (Å²) in [7, 11) is 1.66. The second-order valence-electron chi connectivity index (χ2n) is 9.42. The first kappa shape index (κ1) is 22.2. The lowest BCUT2D eigenvalue weighted by Gasteiger charge is -2.37. The molecule has 0 fully saturated rings. The lowest BCUT2D eigenvalue weighted by molar-refractivity contribution is 0.0695. The molecule has 0 radical (unpaired) electrons. The summed E-state index contributed by atoms with van der Waals surface area (Å²) in [5.74, 6) is 0.543. The SMILES string of the molecule is CCCCCCC(C)(C)c1cc(OC)c2c(c1)OC(C)(C)c1ccc(C(=O)O)cc1-2. The maximum atomic E-state index is 11.6. The highest BCUT2D eigenvalue weighted by Gasteiger charge is 2.36. The molecule has 162 valence electrons. The third-order valence-corrected chi connectivity index (χ3v) is 6.27. The normalized spacial score (nSPS) is 14.5. The standard InChI is InChI=1S/C26H34O4/c1-7-8-9-10-13-25(2,3)18-15-21(29-6)23-19-14-17(24(27)28)11-12-20(19)26(4,5)30-22(23)16-18/h11-12,14-16H,7-10,13H2,1-6H3,(H,27,28). The first-order valence-electron chi connectivity index (χ1n) is 10.9. The Kier molecular flexibility index (Phi) is 6.16. The molecule has 0 aliphatic carbocycles. The molecule has 0 spiro atoms. The molecule has 3 rings (SSSR count). The number of ether oxygens (including phenoxy) is 2. The fourth-order valence-electron chi connectivity index (χ4n) is 4.36. The lowest BCUT2D eigenvalue weighted by atomic mass is 9.77. The van der Waals surface area contributed by atoms with Gasteiger partial charge >= 0.3 is 5.97 Å². The summed E-state index contributed by atoms with van der Waals surface area (Å²) in [6, 6.07) is 9.44. The molecule has 1 aliphatic rings. The van der Waals surface area contributed by atoms with Gasteiger partial charge in [0.15, 0.2) is 0 Å². The van der Waals surface area contributed by atoms with Crippen LogP contribution in [0.15, 0.2) is 30.3 Å². The quantitative estimate of drug-likeness (QED) is 0.479. The number of methoxy groups -OCH3 is 1. The van der Waals surface area contributed by atoms with Crippen LogP contribution in [0, 0.1) is 0 Å². The Bertz CT molecular complexity index is 940. The molecular formula is C26H34O4. The van der Waals surface area contributed by atoms with E-state index in [0.29, 0.717) is 0 Å². The molecule has 1 N–H and O–H groups in total. The number of hydrogen-bond acceptors (Lipinski definition) is 3. The van der Waals surface area contributed by atoms with E-state index in [4.69, 9.17) is 9.47 Å². The van der Waals surface area contributed by atoms with Gasteiger partial charge in [-0.15, -0.1) is 0 Å². The average molecular weight is 411 g/mol. The average Bonchev–Trinajstić information content (AvgIpc) is 2.69. The van der Waals surface area contributed by atoms with Crippen LogP contribution in [0.3, 0.4) is 0 Å². The molecule has 1 heterocycles. The van der Waals surface area contributed by atoms with Crippen molar-refractivity contribution in [3.8, 4) is 22.6 Å². The first-order chi connectivity index (χ1) is 14.1. The number of rotatable bonds is 8. The Labute approximate surface area is 180 Å². The zero-order chi connectivity index (χ0) is 22.1. The number of carbonyl (C=O) groups is 1. The molecule has 2 aromatic rings. The predicted molar refractivity (Wildman–Crippen MR) is 121 cm³/mol. The van der Waals surface area contributed by atoms with Gasteiger partial charge in [-0.05, 0) is 61.1 Å². The number of carboxylic acid groups (broad SMARTS) is 1. The minimum absolute atomic E-state index is 0.00720. The van der Waals surface area contributed by atoms with Gasteiger partial charge < -0.3 is 14.6 Å². The van der Waals surface area contributed by atoms with Crippen LogP contribution in [0.1, 0.15) is 88.2 Å². The van der Waals surface area contributed by atoms with Crippen LogP contribution in [-0.2, 0) is 11.0 Å². The Balaban J connectivity index is 2.10. The smallest absolute Gasteiger partial charge is 0.335 e. The van der Waals surface area contributed by atoms with Crippen LogP contribution in [0.4, 0.5) is 0 Å². The Morgan fingerprint density at radius 3 is 2.50 bits per heavy atom. The molecule has 0 atom stereocenters. The van der Waals surface area contributed by atoms with Crippen LogP contribution in [0.5, 0.6) is 11.5 Å². The van der Waals surface area contributed by atoms with E-state index in [9.17, 15) is 9.90 Å². The third-order valence-electron chi connectivity index (χ3n) is 6.27. The molecule has 0 aromatic heterocycles. The largest absolute Gasteiger partial charge is 0.496 e. The van der Waals surface area contributed by atoms with Gasteiger partial charge in [0.25, 0.3) is 0 Å². The molecule has 1 aliphatic heterocycles. The van der Waals surface area contributed by atoms with Gasteiger partial charge in [-0.1, -0.05) is 52.5 Å². The van der Waals surface area contributed by atoms with Crippen molar-refractivity contribution in [2.24, 2.45) is 0 Å². The predicted octanol–water partition coefficient (Wildman–Crippen LogP) is 6.94. The molecule has 0 amide bonds. The molecular weight excluding hydrogens is 376 g/mol. The van der Waals surface area contributed by atoms with Crippen LogP contribution in [0.25, 0.3) is 11.1 Å². The van der Waals surface area contributed by atoms with Crippen molar-refractivity contribution in [3.63, 3.8) is 0 Å². The van der Waals surface area contributed by atoms with E-state index in [2.05, 4.69) is 32.9 Å². The second kappa shape index (κ2) is 8.33. The summed E-state index contributed by atoms with van der Waals surface area (Å²) in [5.41, 5.74) is 3.54. The molecule has 0 saturated carbocycles. The van der Waals surface area contributed by atoms with Gasteiger partial charge in [0.05, 0.1) is 18.2 Å². The summed E-state index contributed by atoms with van der Waals surface area (Å²) in [5, 5.41) is 9.50. The number of fused-ring (bicyclic) bond motifs is 3. The van der Waals surface area contributed by atoms with Crippen molar-refractivity contribution in [3.05, 3.63) is 47.0 Å². The Morgan fingerprint density at radius 1 is 1.13 bits per heavy atom. The number of unbranched alkanes of at least 4 members (excludes halogenated alkanes) is 3. The molecule has 0 unspecified atom stereocenters. The fourth-order valence-corrected chi connectivity index (χ4v) is 4.36. The van der Waals surface area contributed by atoms with Crippen molar-refractivity contribution < 1.29 is 19.4 Å². The molecule has 2 aromatic carbocycles. The first-order valence-corrected chi connectivity index (χ1v) is 10.9. The van der Waals surface area contributed by atoms with Gasteiger partial charge in [0, 0.05) is 5.56 Å². The van der Waals surface area contributed by atoms with E-state index in [1.54, 1.807) is 19.2 Å². The molecule has 4 nitrogen and oxygen atoms in total. The maximum Gasteiger partial charge on any atom is 0.335 e. The summed E-state index contributed by atoms with van der Waals surface area (Å²) in [6.45, 7) is 10.8. The van der Waals surface area contributed by atoms with Crippen LogP contribution >= 0.6 is 0 Å². The number of carboxylic acids is 1. The third kappa shape index (κ3) is 4.19. The fraction of sp³-hybridized carbons (Fsp3) is 0.500.